The van der Waals surface area contributed by atoms with Gasteiger partial charge in [-0.2, -0.15) is 0 Å². The van der Waals surface area contributed by atoms with Crippen molar-refractivity contribution in [3.05, 3.63) is 47.3 Å². The molecule has 0 atom stereocenters. The fourth-order valence-electron chi connectivity index (χ4n) is 2.38. The number of aryl methyl sites for hydroxylation is 1. The minimum atomic E-state index is -0.144. The summed E-state index contributed by atoms with van der Waals surface area (Å²) in [6, 6.07) is 7.13. The third-order valence-corrected chi connectivity index (χ3v) is 3.61. The van der Waals surface area contributed by atoms with Gasteiger partial charge in [-0.05, 0) is 25.1 Å². The lowest BCUT2D eigenvalue weighted by atomic mass is 10.2. The van der Waals surface area contributed by atoms with Crippen LogP contribution in [-0.2, 0) is 6.54 Å². The molecule has 3 heterocycles. The molecule has 0 fully saturated rings. The second kappa shape index (κ2) is 6.07. The van der Waals surface area contributed by atoms with Gasteiger partial charge >= 0.3 is 0 Å². The largest absolute Gasteiger partial charge is 0.340 e. The first-order chi connectivity index (χ1) is 12.2. The number of H-pyrrole nitrogens is 2. The maximum absolute atomic E-state index is 11.5. The smallest absolute Gasteiger partial charge is 0.271 e. The predicted molar refractivity (Wildman–Crippen MR) is 93.2 cm³/mol. The van der Waals surface area contributed by atoms with Crippen LogP contribution in [0.25, 0.3) is 10.9 Å². The zero-order chi connectivity index (χ0) is 17.2. The van der Waals surface area contributed by atoms with Crippen LogP contribution in [0.4, 0.5) is 23.3 Å². The summed E-state index contributed by atoms with van der Waals surface area (Å²) in [5, 5.41) is 16.4. The summed E-state index contributed by atoms with van der Waals surface area (Å²) in [7, 11) is 0. The maximum atomic E-state index is 11.5. The van der Waals surface area contributed by atoms with Gasteiger partial charge in [0, 0.05) is 18.3 Å². The number of fused-ring (bicyclic) bond motifs is 1. The maximum Gasteiger partial charge on any atom is 0.271 e. The molecule has 0 radical (unpaired) electrons. The number of nitrogens with one attached hydrogen (secondary N) is 4. The molecule has 126 valence electrons. The first kappa shape index (κ1) is 14.9. The molecule has 3 aromatic heterocycles. The highest BCUT2D eigenvalue weighted by Gasteiger charge is 2.05. The molecule has 10 heteroatoms. The lowest BCUT2D eigenvalue weighted by molar-refractivity contribution is 0.660. The third-order valence-electron chi connectivity index (χ3n) is 3.61. The summed E-state index contributed by atoms with van der Waals surface area (Å²) in [5.41, 5.74) is 1.37. The number of hydrogen-bond acceptors (Lipinski definition) is 7. The molecule has 0 bridgehead atoms. The molecule has 0 aliphatic heterocycles. The average molecular weight is 337 g/mol. The molecule has 4 aromatic rings. The molecule has 10 nitrogen and oxygen atoms in total. The van der Waals surface area contributed by atoms with E-state index >= 15 is 0 Å². The van der Waals surface area contributed by atoms with E-state index < -0.39 is 0 Å². The molecule has 0 saturated carbocycles. The molecule has 0 amide bonds. The van der Waals surface area contributed by atoms with Gasteiger partial charge in [0.1, 0.15) is 24.3 Å². The Kier molecular flexibility index (Phi) is 3.61. The third kappa shape index (κ3) is 3.04. The minimum absolute atomic E-state index is 0.144. The van der Waals surface area contributed by atoms with Gasteiger partial charge in [-0.15, -0.1) is 5.10 Å². The highest BCUT2D eigenvalue weighted by Crippen LogP contribution is 2.20. The molecular formula is C15H15N9O. The number of aromatic amines is 2. The van der Waals surface area contributed by atoms with Crippen molar-refractivity contribution >= 4 is 34.2 Å². The second-order valence-electron chi connectivity index (χ2n) is 5.30. The van der Waals surface area contributed by atoms with Crippen molar-refractivity contribution in [1.29, 1.82) is 0 Å². The van der Waals surface area contributed by atoms with Crippen LogP contribution in [0.2, 0.25) is 0 Å². The van der Waals surface area contributed by atoms with Crippen molar-refractivity contribution in [2.45, 2.75) is 13.5 Å². The number of hydrogen-bond donors (Lipinski definition) is 4. The van der Waals surface area contributed by atoms with E-state index in [1.807, 2.05) is 19.1 Å². The predicted octanol–water partition coefficient (Wildman–Crippen LogP) is 1.74. The van der Waals surface area contributed by atoms with Gasteiger partial charge in [-0.3, -0.25) is 19.7 Å². The summed E-state index contributed by atoms with van der Waals surface area (Å²) < 4.78 is 1.72. The van der Waals surface area contributed by atoms with Crippen molar-refractivity contribution in [3.8, 4) is 0 Å². The molecule has 0 unspecified atom stereocenters. The Labute approximate surface area is 141 Å². The molecule has 0 aliphatic carbocycles. The molecule has 0 aliphatic rings. The quantitative estimate of drug-likeness (QED) is 0.436. The van der Waals surface area contributed by atoms with Crippen LogP contribution in [0.15, 0.2) is 41.7 Å². The van der Waals surface area contributed by atoms with E-state index in [0.29, 0.717) is 23.0 Å². The van der Waals surface area contributed by atoms with Gasteiger partial charge in [0.25, 0.3) is 5.56 Å². The fraction of sp³-hybridized carbons (Fsp3) is 0.133. The van der Waals surface area contributed by atoms with E-state index in [2.05, 4.69) is 40.9 Å². The number of benzene rings is 1. The van der Waals surface area contributed by atoms with Crippen LogP contribution >= 0.6 is 0 Å². The van der Waals surface area contributed by atoms with Gasteiger partial charge in [0.15, 0.2) is 0 Å². The summed E-state index contributed by atoms with van der Waals surface area (Å²) in [4.78, 5) is 24.1. The van der Waals surface area contributed by atoms with Crippen molar-refractivity contribution in [1.82, 2.24) is 34.9 Å². The van der Waals surface area contributed by atoms with Gasteiger partial charge < -0.3 is 10.6 Å². The monoisotopic (exact) mass is 337 g/mol. The number of aromatic nitrogens is 7. The summed E-state index contributed by atoms with van der Waals surface area (Å²) >= 11 is 0. The molecule has 4 N–H and O–H groups in total. The van der Waals surface area contributed by atoms with Crippen molar-refractivity contribution in [2.75, 3.05) is 10.6 Å². The van der Waals surface area contributed by atoms with Crippen LogP contribution in [0, 0.1) is 0 Å². The Morgan fingerprint density at radius 2 is 1.92 bits per heavy atom. The highest BCUT2D eigenvalue weighted by atomic mass is 16.1. The molecular weight excluding hydrogens is 322 g/mol. The van der Waals surface area contributed by atoms with E-state index in [1.165, 1.54) is 6.33 Å². The SMILES string of the molecule is CCn1cnc(Nc2cc(Nc3ccc4c(=O)[nH][nH]c4c3)ncn2)n1. The normalized spacial score (nSPS) is 10.9. The lowest BCUT2D eigenvalue weighted by Gasteiger charge is -2.07. The standard InChI is InChI=1S/C15H15N9O/c1-2-24-8-18-15(23-24)20-13-6-12(16-7-17-13)19-9-3-4-10-11(5-9)21-22-14(10)25/h3-8H,2H2,1H3,(H2,21,22,25)(H2,16,17,19,20,23). The number of nitrogens with zero attached hydrogens (tertiary/aromatic N) is 5. The van der Waals surface area contributed by atoms with Crippen LogP contribution in [0.5, 0.6) is 0 Å². The molecule has 1 aromatic carbocycles. The Balaban J connectivity index is 1.54. The van der Waals surface area contributed by atoms with Crippen molar-refractivity contribution in [3.63, 3.8) is 0 Å². The second-order valence-corrected chi connectivity index (χ2v) is 5.30. The molecule has 0 spiro atoms. The van der Waals surface area contributed by atoms with Crippen LogP contribution in [0.3, 0.4) is 0 Å². The van der Waals surface area contributed by atoms with Gasteiger partial charge in [0.05, 0.1) is 10.9 Å². The van der Waals surface area contributed by atoms with Gasteiger partial charge in [-0.1, -0.05) is 0 Å². The first-order valence-corrected chi connectivity index (χ1v) is 7.67. The van der Waals surface area contributed by atoms with Crippen LogP contribution < -0.4 is 16.2 Å². The Hall–Kier alpha value is -3.69. The van der Waals surface area contributed by atoms with Crippen molar-refractivity contribution < 1.29 is 0 Å². The van der Waals surface area contributed by atoms with E-state index in [9.17, 15) is 4.79 Å². The lowest BCUT2D eigenvalue weighted by Crippen LogP contribution is -2.01. The van der Waals surface area contributed by atoms with Crippen LogP contribution in [-0.4, -0.2) is 34.9 Å². The molecule has 25 heavy (non-hydrogen) atoms. The first-order valence-electron chi connectivity index (χ1n) is 7.67. The Morgan fingerprint density at radius 1 is 1.08 bits per heavy atom. The molecule has 0 saturated heterocycles. The number of rotatable bonds is 5. The Bertz CT molecular complexity index is 1080. The zero-order valence-corrected chi connectivity index (χ0v) is 13.3. The van der Waals surface area contributed by atoms with Gasteiger partial charge in [0.2, 0.25) is 5.95 Å². The summed E-state index contributed by atoms with van der Waals surface area (Å²) in [6.45, 7) is 2.73. The summed E-state index contributed by atoms with van der Waals surface area (Å²) in [6.07, 6.45) is 3.09. The van der Waals surface area contributed by atoms with E-state index in [-0.39, 0.29) is 5.56 Å². The topological polar surface area (TPSA) is 129 Å². The average Bonchev–Trinajstić information content (AvgIpc) is 3.22. The molecule has 4 rings (SSSR count). The van der Waals surface area contributed by atoms with E-state index in [0.717, 1.165) is 17.7 Å². The Morgan fingerprint density at radius 3 is 2.72 bits per heavy atom. The van der Waals surface area contributed by atoms with Gasteiger partial charge in [-0.25, -0.2) is 15.0 Å². The fourth-order valence-corrected chi connectivity index (χ4v) is 2.38. The van der Waals surface area contributed by atoms with E-state index in [4.69, 9.17) is 0 Å². The zero-order valence-electron chi connectivity index (χ0n) is 13.3. The summed E-state index contributed by atoms with van der Waals surface area (Å²) in [5.74, 6) is 1.64. The minimum Gasteiger partial charge on any atom is -0.340 e. The number of anilines is 4. The van der Waals surface area contributed by atoms with Crippen LogP contribution in [0.1, 0.15) is 6.92 Å². The van der Waals surface area contributed by atoms with E-state index in [1.54, 1.807) is 23.1 Å². The highest BCUT2D eigenvalue weighted by molar-refractivity contribution is 5.82. The van der Waals surface area contributed by atoms with Crippen molar-refractivity contribution in [2.24, 2.45) is 0 Å².